The molecule has 25 heavy (non-hydrogen) atoms. The van der Waals surface area contributed by atoms with E-state index in [1.165, 1.54) is 5.56 Å². The van der Waals surface area contributed by atoms with Gasteiger partial charge in [0.2, 0.25) is 0 Å². The van der Waals surface area contributed by atoms with E-state index in [4.69, 9.17) is 21.1 Å². The Hall–Kier alpha value is -1.71. The molecule has 0 aromatic heterocycles. The predicted molar refractivity (Wildman–Crippen MR) is 105 cm³/mol. The zero-order valence-corrected chi connectivity index (χ0v) is 16.3. The summed E-state index contributed by atoms with van der Waals surface area (Å²) in [5, 5.41) is 4.11. The van der Waals surface area contributed by atoms with Crippen LogP contribution in [0.4, 0.5) is 0 Å². The van der Waals surface area contributed by atoms with Crippen molar-refractivity contribution in [2.45, 2.75) is 40.8 Å². The molecule has 0 aliphatic carbocycles. The summed E-state index contributed by atoms with van der Waals surface area (Å²) in [6.07, 6.45) is 0. The summed E-state index contributed by atoms with van der Waals surface area (Å²) < 4.78 is 11.8. The number of hydrogen-bond acceptors (Lipinski definition) is 3. The molecular weight excluding hydrogens is 334 g/mol. The minimum absolute atomic E-state index is 0.494. The van der Waals surface area contributed by atoms with Crippen molar-refractivity contribution >= 4 is 11.6 Å². The van der Waals surface area contributed by atoms with Crippen LogP contribution >= 0.6 is 11.6 Å². The standard InChI is InChI=1S/C21H28ClNO2/c1-5-24-20-10-18(13-23-12-15(2)3)19(22)11-21(20)25-14-17-9-7-6-8-16(17)4/h6-11,15,23H,5,12-14H2,1-4H3. The van der Waals surface area contributed by atoms with Crippen molar-refractivity contribution in [1.29, 1.82) is 0 Å². The molecule has 0 atom stereocenters. The van der Waals surface area contributed by atoms with Crippen molar-refractivity contribution < 1.29 is 9.47 Å². The quantitative estimate of drug-likeness (QED) is 0.651. The fourth-order valence-electron chi connectivity index (χ4n) is 2.52. The second kappa shape index (κ2) is 9.69. The fourth-order valence-corrected chi connectivity index (χ4v) is 2.74. The van der Waals surface area contributed by atoms with Gasteiger partial charge in [-0.3, -0.25) is 0 Å². The predicted octanol–water partition coefficient (Wildman–Crippen LogP) is 5.37. The van der Waals surface area contributed by atoms with Gasteiger partial charge in [-0.05, 0) is 49.1 Å². The van der Waals surface area contributed by atoms with E-state index in [-0.39, 0.29) is 0 Å². The molecule has 0 saturated carbocycles. The van der Waals surface area contributed by atoms with Crippen molar-refractivity contribution in [2.24, 2.45) is 5.92 Å². The highest BCUT2D eigenvalue weighted by molar-refractivity contribution is 6.31. The van der Waals surface area contributed by atoms with E-state index < -0.39 is 0 Å². The molecule has 2 aromatic carbocycles. The van der Waals surface area contributed by atoms with Crippen LogP contribution in [-0.2, 0) is 13.2 Å². The Balaban J connectivity index is 2.13. The number of aryl methyl sites for hydroxylation is 1. The molecule has 0 saturated heterocycles. The number of rotatable bonds is 9. The summed E-state index contributed by atoms with van der Waals surface area (Å²) in [7, 11) is 0. The van der Waals surface area contributed by atoms with Gasteiger partial charge in [0.1, 0.15) is 6.61 Å². The van der Waals surface area contributed by atoms with E-state index >= 15 is 0 Å². The zero-order valence-electron chi connectivity index (χ0n) is 15.6. The Labute approximate surface area is 156 Å². The second-order valence-electron chi connectivity index (χ2n) is 6.56. The van der Waals surface area contributed by atoms with E-state index in [1.807, 2.05) is 31.2 Å². The largest absolute Gasteiger partial charge is 0.490 e. The highest BCUT2D eigenvalue weighted by Crippen LogP contribution is 2.34. The van der Waals surface area contributed by atoms with Crippen molar-refractivity contribution in [1.82, 2.24) is 5.32 Å². The Bertz CT molecular complexity index is 686. The Kier molecular flexibility index (Phi) is 7.60. The van der Waals surface area contributed by atoms with Gasteiger partial charge in [-0.25, -0.2) is 0 Å². The van der Waals surface area contributed by atoms with E-state index in [9.17, 15) is 0 Å². The number of ether oxygens (including phenoxy) is 2. The van der Waals surface area contributed by atoms with Gasteiger partial charge < -0.3 is 14.8 Å². The first kappa shape index (κ1) is 19.6. The van der Waals surface area contributed by atoms with Crippen LogP contribution in [0.3, 0.4) is 0 Å². The van der Waals surface area contributed by atoms with Crippen molar-refractivity contribution in [3.8, 4) is 11.5 Å². The molecule has 2 aromatic rings. The fraction of sp³-hybridized carbons (Fsp3) is 0.429. The lowest BCUT2D eigenvalue weighted by Gasteiger charge is -2.16. The normalized spacial score (nSPS) is 11.0. The molecule has 0 aliphatic rings. The van der Waals surface area contributed by atoms with Crippen LogP contribution in [0.2, 0.25) is 5.02 Å². The summed E-state index contributed by atoms with van der Waals surface area (Å²) >= 11 is 6.45. The van der Waals surface area contributed by atoms with Gasteiger partial charge in [0.15, 0.2) is 11.5 Å². The molecule has 0 radical (unpaired) electrons. The van der Waals surface area contributed by atoms with Crippen molar-refractivity contribution in [3.63, 3.8) is 0 Å². The third-order valence-electron chi connectivity index (χ3n) is 3.93. The summed E-state index contributed by atoms with van der Waals surface area (Å²) in [6.45, 7) is 11.2. The smallest absolute Gasteiger partial charge is 0.163 e. The lowest BCUT2D eigenvalue weighted by atomic mass is 10.1. The average Bonchev–Trinajstić information content (AvgIpc) is 2.57. The highest BCUT2D eigenvalue weighted by atomic mass is 35.5. The number of benzene rings is 2. The average molecular weight is 362 g/mol. The number of hydrogen-bond donors (Lipinski definition) is 1. The van der Waals surface area contributed by atoms with Gasteiger partial charge in [0.25, 0.3) is 0 Å². The van der Waals surface area contributed by atoms with Crippen molar-refractivity contribution in [2.75, 3.05) is 13.2 Å². The number of halogens is 1. The molecule has 0 amide bonds. The van der Waals surface area contributed by atoms with Gasteiger partial charge in [0, 0.05) is 17.6 Å². The Morgan fingerprint density at radius 3 is 2.44 bits per heavy atom. The van der Waals surface area contributed by atoms with Crippen LogP contribution in [0.5, 0.6) is 11.5 Å². The van der Waals surface area contributed by atoms with E-state index in [2.05, 4.69) is 38.2 Å². The monoisotopic (exact) mass is 361 g/mol. The second-order valence-corrected chi connectivity index (χ2v) is 6.97. The van der Waals surface area contributed by atoms with Gasteiger partial charge in [-0.1, -0.05) is 49.7 Å². The van der Waals surface area contributed by atoms with Gasteiger partial charge in [0.05, 0.1) is 6.61 Å². The minimum atomic E-state index is 0.494. The first-order chi connectivity index (χ1) is 12.0. The molecule has 0 aliphatic heterocycles. The molecule has 0 bridgehead atoms. The van der Waals surface area contributed by atoms with Crippen molar-refractivity contribution in [3.05, 3.63) is 58.1 Å². The highest BCUT2D eigenvalue weighted by Gasteiger charge is 2.12. The lowest BCUT2D eigenvalue weighted by Crippen LogP contribution is -2.19. The van der Waals surface area contributed by atoms with Crippen LogP contribution in [0.25, 0.3) is 0 Å². The molecule has 136 valence electrons. The summed E-state index contributed by atoms with van der Waals surface area (Å²) in [5.74, 6) is 2.02. The molecule has 0 heterocycles. The first-order valence-corrected chi connectivity index (χ1v) is 9.22. The van der Waals surface area contributed by atoms with Crippen LogP contribution in [-0.4, -0.2) is 13.2 Å². The van der Waals surface area contributed by atoms with Crippen LogP contribution in [0.15, 0.2) is 36.4 Å². The Morgan fingerprint density at radius 2 is 1.76 bits per heavy atom. The summed E-state index contributed by atoms with van der Waals surface area (Å²) in [6, 6.07) is 12.0. The Morgan fingerprint density at radius 1 is 1.04 bits per heavy atom. The third kappa shape index (κ3) is 5.94. The third-order valence-corrected chi connectivity index (χ3v) is 4.28. The summed E-state index contributed by atoms with van der Waals surface area (Å²) in [5.41, 5.74) is 3.39. The van der Waals surface area contributed by atoms with Crippen LogP contribution in [0, 0.1) is 12.8 Å². The van der Waals surface area contributed by atoms with Crippen LogP contribution in [0.1, 0.15) is 37.5 Å². The molecule has 0 spiro atoms. The summed E-state index contributed by atoms with van der Waals surface area (Å²) in [4.78, 5) is 0. The zero-order chi connectivity index (χ0) is 18.2. The maximum Gasteiger partial charge on any atom is 0.163 e. The first-order valence-electron chi connectivity index (χ1n) is 8.84. The van der Waals surface area contributed by atoms with Gasteiger partial charge in [-0.2, -0.15) is 0 Å². The van der Waals surface area contributed by atoms with Gasteiger partial charge in [-0.15, -0.1) is 0 Å². The van der Waals surface area contributed by atoms with E-state index in [0.29, 0.717) is 29.9 Å². The molecule has 3 nitrogen and oxygen atoms in total. The molecule has 0 unspecified atom stereocenters. The molecular formula is C21H28ClNO2. The van der Waals surface area contributed by atoms with Gasteiger partial charge >= 0.3 is 0 Å². The molecule has 4 heteroatoms. The maximum absolute atomic E-state index is 6.45. The lowest BCUT2D eigenvalue weighted by molar-refractivity contribution is 0.268. The molecule has 2 rings (SSSR count). The topological polar surface area (TPSA) is 30.5 Å². The molecule has 1 N–H and O–H groups in total. The number of nitrogens with one attached hydrogen (secondary N) is 1. The SMILES string of the molecule is CCOc1cc(CNCC(C)C)c(Cl)cc1OCc1ccccc1C. The van der Waals surface area contributed by atoms with E-state index in [0.717, 1.165) is 30.0 Å². The van der Waals surface area contributed by atoms with Crippen LogP contribution < -0.4 is 14.8 Å². The minimum Gasteiger partial charge on any atom is -0.490 e. The molecule has 0 fully saturated rings. The van der Waals surface area contributed by atoms with E-state index in [1.54, 1.807) is 0 Å². The maximum atomic E-state index is 6.45.